The third kappa shape index (κ3) is 19.6. The number of benzene rings is 2. The van der Waals surface area contributed by atoms with Crippen molar-refractivity contribution in [1.29, 1.82) is 0 Å². The van der Waals surface area contributed by atoms with Crippen LogP contribution >= 0.6 is 0 Å². The number of nitrogens with one attached hydrogen (secondary N) is 4. The molecule has 0 aliphatic carbocycles. The Morgan fingerprint density at radius 1 is 0.822 bits per heavy atom. The van der Waals surface area contributed by atoms with E-state index in [1.54, 1.807) is 74.6 Å². The summed E-state index contributed by atoms with van der Waals surface area (Å²) in [7, 11) is 5.25. The summed E-state index contributed by atoms with van der Waals surface area (Å²) in [5, 5.41) is 31.2. The van der Waals surface area contributed by atoms with Gasteiger partial charge in [-0.15, -0.1) is 0 Å². The molecule has 9 rings (SSSR count). The summed E-state index contributed by atoms with van der Waals surface area (Å²) in [6.07, 6.45) is 9.66. The largest absolute Gasteiger partial charge is 0.505 e. The van der Waals surface area contributed by atoms with Gasteiger partial charge in [0.2, 0.25) is 41.3 Å². The van der Waals surface area contributed by atoms with Gasteiger partial charge in [0.25, 0.3) is 11.8 Å². The molecule has 4 aromatic rings. The van der Waals surface area contributed by atoms with E-state index >= 15 is 0 Å². The van der Waals surface area contributed by atoms with Crippen LogP contribution in [0.15, 0.2) is 131 Å². The van der Waals surface area contributed by atoms with E-state index in [-0.39, 0.29) is 123 Å². The number of hydrogen-bond donors (Lipinski definition) is 6. The number of esters is 2. The number of aliphatic hydroxyl groups excluding tert-OH is 1. The van der Waals surface area contributed by atoms with Crippen LogP contribution in [0.5, 0.6) is 5.75 Å². The average molecular weight is 1390 g/mol. The van der Waals surface area contributed by atoms with Crippen LogP contribution in [0.25, 0.3) is 0 Å². The maximum Gasteiger partial charge on any atom is 0.355 e. The number of fused-ring (bicyclic) bond motifs is 5. The number of oxazole rings is 1. The van der Waals surface area contributed by atoms with E-state index in [0.29, 0.717) is 18.4 Å². The van der Waals surface area contributed by atoms with Crippen LogP contribution in [0.4, 0.5) is 5.69 Å². The number of allylic oxidation sites excluding steroid dienone is 2. The number of cyclic esters (lactones) is 2. The Balaban J connectivity index is 0.000000291. The van der Waals surface area contributed by atoms with Crippen LogP contribution in [0.3, 0.4) is 0 Å². The number of pyridine rings is 1. The van der Waals surface area contributed by atoms with Gasteiger partial charge in [-0.05, 0) is 86.9 Å². The molecular weight excluding hydrogens is 1300 g/mol. The Hall–Kier alpha value is -10.6. The molecule has 28 nitrogen and oxygen atoms in total. The Labute approximate surface area is 585 Å². The van der Waals surface area contributed by atoms with E-state index in [9.17, 15) is 67.7 Å². The van der Waals surface area contributed by atoms with Gasteiger partial charge < -0.3 is 69.9 Å². The van der Waals surface area contributed by atoms with E-state index in [1.165, 1.54) is 58.0 Å². The van der Waals surface area contributed by atoms with Gasteiger partial charge in [-0.2, -0.15) is 0 Å². The van der Waals surface area contributed by atoms with Crippen molar-refractivity contribution in [3.63, 3.8) is 0 Å². The van der Waals surface area contributed by atoms with E-state index in [2.05, 4.69) is 31.2 Å². The number of hydrogen-bond acceptors (Lipinski definition) is 20. The van der Waals surface area contributed by atoms with E-state index in [4.69, 9.17) is 13.9 Å². The number of amides is 8. The SMILES string of the molecule is CC1=C\[C@@H](O)CC(=O)Cc2nc(co2)C(=O)N2CCC=C2C(=O)OC(C(C)C)[C@H](C)/C=C/C(=O)NC\C=C\1.CC[C@H]1NC(=O)[C@@H](NC(=O)c2ncccc2O)[C@@H](C)OC(=O)[C@H](c2ccccc2)NC(=O)[C@@H]2CC(=O)CCN2C(=O)C(Cc2ccc(N(C)C)cc2)N(C)C(=O)[C@@H]2CCCN2C1=O. The number of aromatic hydroxyl groups is 1. The molecule has 8 amide bonds. The van der Waals surface area contributed by atoms with Crippen LogP contribution in [0.2, 0.25) is 0 Å². The highest BCUT2D eigenvalue weighted by Crippen LogP contribution is 2.29. The monoisotopic (exact) mass is 1390 g/mol. The number of ether oxygens (including phenoxy) is 2. The first kappa shape index (κ1) is 76.1. The number of nitrogens with zero attached hydrogens (tertiary/aromatic N) is 7. The zero-order valence-electron chi connectivity index (χ0n) is 58.2. The van der Waals surface area contributed by atoms with Gasteiger partial charge in [-0.3, -0.25) is 47.9 Å². The molecule has 2 bridgehead atoms. The molecule has 2 aromatic carbocycles. The number of ketones is 2. The zero-order valence-corrected chi connectivity index (χ0v) is 58.2. The van der Waals surface area contributed by atoms with Crippen molar-refractivity contribution in [3.05, 3.63) is 155 Å². The van der Waals surface area contributed by atoms with Crippen LogP contribution in [-0.2, 0) is 70.3 Å². The van der Waals surface area contributed by atoms with Gasteiger partial charge in [0, 0.05) is 90.8 Å². The normalized spacial score (nSPS) is 26.3. The van der Waals surface area contributed by atoms with Crippen LogP contribution < -0.4 is 26.2 Å². The van der Waals surface area contributed by atoms with E-state index in [1.807, 2.05) is 64.0 Å². The first-order valence-corrected chi connectivity index (χ1v) is 33.8. The molecule has 2 unspecified atom stereocenters. The lowest BCUT2D eigenvalue weighted by Crippen LogP contribution is -2.61. The fourth-order valence-corrected chi connectivity index (χ4v) is 12.5. The van der Waals surface area contributed by atoms with Gasteiger partial charge >= 0.3 is 11.9 Å². The number of aliphatic hydroxyl groups is 1. The highest BCUT2D eigenvalue weighted by Gasteiger charge is 2.46. The fourth-order valence-electron chi connectivity index (χ4n) is 12.5. The third-order valence-corrected chi connectivity index (χ3v) is 18.0. The predicted octanol–water partition coefficient (Wildman–Crippen LogP) is 3.93. The predicted molar refractivity (Wildman–Crippen MR) is 366 cm³/mol. The lowest BCUT2D eigenvalue weighted by Gasteiger charge is -2.40. The molecule has 3 fully saturated rings. The zero-order chi connectivity index (χ0) is 73.4. The third-order valence-electron chi connectivity index (χ3n) is 18.0. The van der Waals surface area contributed by atoms with E-state index < -0.39 is 119 Å². The maximum absolute atomic E-state index is 15.0. The second kappa shape index (κ2) is 34.9. The van der Waals surface area contributed by atoms with Crippen molar-refractivity contribution in [3.8, 4) is 5.75 Å². The van der Waals surface area contributed by atoms with Crippen LogP contribution in [-0.4, -0.2) is 206 Å². The van der Waals surface area contributed by atoms with Crippen molar-refractivity contribution in [2.75, 3.05) is 52.2 Å². The number of likely N-dealkylation sites (N-methyl/N-ethyl adjacent to an activating group) is 1. The van der Waals surface area contributed by atoms with Crippen molar-refractivity contribution < 1.29 is 81.6 Å². The number of piperidine rings is 1. The molecule has 538 valence electrons. The highest BCUT2D eigenvalue weighted by atomic mass is 16.6. The molecule has 5 aliphatic rings. The number of Topliss-reactive ketones (excluding diaryl/α,β-unsaturated/α-hetero) is 2. The second-order valence-electron chi connectivity index (χ2n) is 26.1. The molecule has 0 saturated carbocycles. The van der Waals surface area contributed by atoms with Crippen LogP contribution in [0.1, 0.15) is 131 Å². The molecule has 3 saturated heterocycles. The first-order chi connectivity index (χ1) is 48.1. The summed E-state index contributed by atoms with van der Waals surface area (Å²) in [6.45, 7) is 11.0. The summed E-state index contributed by atoms with van der Waals surface area (Å²) < 4.78 is 17.0. The minimum atomic E-state index is -1.68. The maximum atomic E-state index is 15.0. The molecule has 101 heavy (non-hydrogen) atoms. The molecule has 5 aliphatic heterocycles. The minimum Gasteiger partial charge on any atom is -0.505 e. The van der Waals surface area contributed by atoms with Crippen molar-refractivity contribution in [2.45, 2.75) is 154 Å². The van der Waals surface area contributed by atoms with Gasteiger partial charge in [0.15, 0.2) is 17.4 Å². The number of anilines is 1. The fraction of sp³-hybridized carbons (Fsp3) is 0.452. The lowest BCUT2D eigenvalue weighted by atomic mass is 9.94. The standard InChI is InChI=1S/C45H54N8O10.C28H35N3O7/c1-6-31-42(59)52-22-11-14-32(52)43(60)51(5)34(24-27-16-18-29(19-17-27)50(3)4)44(61)53-23-20-30(54)25-33(53)39(56)49-37(28-12-8-7-9-13-28)45(62)63-26(2)36(40(57)47-31)48-41(58)38-35(55)15-10-21-46-38;1-17(2)26-19(4)9-10-24(34)29-11-5-7-18(3)13-20(32)14-21(33)15-25-30-22(16-37-25)27(35)31-12-6-8-23(31)28(36)38-26/h7-10,12-13,15-19,21,26,31-34,36-37,55H,6,11,14,20,22-25H2,1-5H3,(H,47,57)(H,48,58)(H,49,56);5,7-10,13,16-17,19-20,26,32H,6,11-12,14-15H2,1-4H3,(H,29,34)/b;7-5+,10-9+,18-13+/t26-,31-,32+,33+,34?,36+,37+;19-,20-,26?/m11/s1. The Bertz CT molecular complexity index is 3860. The smallest absolute Gasteiger partial charge is 0.355 e. The van der Waals surface area contributed by atoms with Crippen molar-refractivity contribution >= 4 is 76.4 Å². The summed E-state index contributed by atoms with van der Waals surface area (Å²) in [5.41, 5.74) is 2.26. The van der Waals surface area contributed by atoms with Crippen LogP contribution in [0, 0.1) is 11.8 Å². The molecule has 7 heterocycles. The first-order valence-electron chi connectivity index (χ1n) is 33.8. The molecular formula is C73H89N11O17. The number of carbonyl (C=O) groups is 12. The summed E-state index contributed by atoms with van der Waals surface area (Å²) in [6, 6.07) is 10.1. The average Bonchev–Trinajstić information content (AvgIpc) is 1.79. The Morgan fingerprint density at radius 3 is 2.24 bits per heavy atom. The summed E-state index contributed by atoms with van der Waals surface area (Å²) >= 11 is 0. The van der Waals surface area contributed by atoms with Crippen molar-refractivity contribution in [2.24, 2.45) is 11.8 Å². The quantitative estimate of drug-likeness (QED) is 0.136. The molecule has 0 spiro atoms. The Morgan fingerprint density at radius 2 is 1.54 bits per heavy atom. The lowest BCUT2D eigenvalue weighted by molar-refractivity contribution is -0.157. The molecule has 28 heteroatoms. The van der Waals surface area contributed by atoms with Gasteiger partial charge in [-0.25, -0.2) is 19.6 Å². The molecule has 0 radical (unpaired) electrons. The van der Waals surface area contributed by atoms with Gasteiger partial charge in [0.1, 0.15) is 71.7 Å². The minimum absolute atomic E-state index is 0.0299. The van der Waals surface area contributed by atoms with E-state index in [0.717, 1.165) is 17.5 Å². The number of rotatable bonds is 8. The Kier molecular flexibility index (Phi) is 26.3. The number of carbonyl (C=O) groups excluding carboxylic acids is 12. The molecule has 6 N–H and O–H groups in total. The summed E-state index contributed by atoms with van der Waals surface area (Å²) in [4.78, 5) is 180. The van der Waals surface area contributed by atoms with Crippen molar-refractivity contribution in [1.82, 2.24) is 50.8 Å². The van der Waals surface area contributed by atoms with Gasteiger partial charge in [0.05, 0.1) is 12.5 Å². The summed E-state index contributed by atoms with van der Waals surface area (Å²) in [5.74, 6) is -8.40. The molecule has 2 aromatic heterocycles. The highest BCUT2D eigenvalue weighted by molar-refractivity contribution is 6.02. The topological polar surface area (TPSA) is 367 Å². The number of aromatic nitrogens is 2. The van der Waals surface area contributed by atoms with Gasteiger partial charge in [-0.1, -0.05) is 106 Å². The molecule has 10 atom stereocenters. The second-order valence-corrected chi connectivity index (χ2v) is 26.1.